The van der Waals surface area contributed by atoms with Crippen molar-refractivity contribution in [2.45, 2.75) is 58.2 Å². The number of rotatable bonds is 4. The van der Waals surface area contributed by atoms with Crippen molar-refractivity contribution in [3.05, 3.63) is 42.0 Å². The lowest BCUT2D eigenvalue weighted by atomic mass is 9.81. The number of ether oxygens (including phenoxy) is 3. The summed E-state index contributed by atoms with van der Waals surface area (Å²) in [6.07, 6.45) is 3.76. The molecule has 3 rings (SSSR count). The molecule has 0 unspecified atom stereocenters. The fraction of sp³-hybridized carbons (Fsp3) is 0.571. The van der Waals surface area contributed by atoms with Crippen LogP contribution in [0.2, 0.25) is 0 Å². The summed E-state index contributed by atoms with van der Waals surface area (Å²) in [7, 11) is 0. The van der Waals surface area contributed by atoms with Gasteiger partial charge in [-0.2, -0.15) is 0 Å². The quantitative estimate of drug-likeness (QED) is 0.832. The highest BCUT2D eigenvalue weighted by Crippen LogP contribution is 2.34. The molecule has 2 saturated heterocycles. The Balaban J connectivity index is 1.77. The van der Waals surface area contributed by atoms with E-state index in [0.717, 1.165) is 5.56 Å². The number of hydrogen-bond acceptors (Lipinski definition) is 4. The highest BCUT2D eigenvalue weighted by molar-refractivity contribution is 5.83. The monoisotopic (exact) mass is 344 g/mol. The van der Waals surface area contributed by atoms with Gasteiger partial charge in [-0.15, -0.1) is 0 Å². The van der Waals surface area contributed by atoms with Crippen LogP contribution < -0.4 is 0 Å². The molecule has 1 aromatic rings. The Morgan fingerprint density at radius 2 is 1.88 bits per heavy atom. The molecule has 0 N–H and O–H groups in total. The first-order valence-corrected chi connectivity index (χ1v) is 9.09. The smallest absolute Gasteiger partial charge is 0.163 e. The van der Waals surface area contributed by atoms with E-state index in [0.29, 0.717) is 13.0 Å². The van der Waals surface area contributed by atoms with Gasteiger partial charge in [0, 0.05) is 12.3 Å². The van der Waals surface area contributed by atoms with E-state index in [2.05, 4.69) is 13.8 Å². The van der Waals surface area contributed by atoms with E-state index in [9.17, 15) is 4.79 Å². The van der Waals surface area contributed by atoms with Gasteiger partial charge in [0.05, 0.1) is 18.8 Å². The van der Waals surface area contributed by atoms with Crippen LogP contribution in [0, 0.1) is 11.8 Å². The average molecular weight is 344 g/mol. The minimum absolute atomic E-state index is 0.119. The van der Waals surface area contributed by atoms with Crippen LogP contribution in [-0.4, -0.2) is 36.5 Å². The first kappa shape index (κ1) is 18.3. The zero-order chi connectivity index (χ0) is 18.0. The van der Waals surface area contributed by atoms with Crippen LogP contribution in [0.5, 0.6) is 0 Å². The van der Waals surface area contributed by atoms with Crippen molar-refractivity contribution >= 4 is 11.9 Å². The van der Waals surface area contributed by atoms with E-state index in [4.69, 9.17) is 14.2 Å². The van der Waals surface area contributed by atoms with Gasteiger partial charge in [-0.1, -0.05) is 56.3 Å². The number of Topliss-reactive ketones (excluding diaryl/α,β-unsaturated/α-hetero) is 1. The maximum absolute atomic E-state index is 12.8. The standard InChI is InChI=1S/C21H28O4/c1-14(2)20-16(22)12-18(19-13-23-21(3,4)25-19)24-17(20)11-10-15-8-6-5-7-9-15/h5-11,14,17-20H,12-13H2,1-4H3/b11-10+/t17-,18-,19-,20+/m1/s1. The van der Waals surface area contributed by atoms with Gasteiger partial charge in [0.2, 0.25) is 0 Å². The molecule has 136 valence electrons. The molecule has 0 aromatic heterocycles. The minimum atomic E-state index is -0.610. The van der Waals surface area contributed by atoms with Crippen molar-refractivity contribution in [1.29, 1.82) is 0 Å². The maximum Gasteiger partial charge on any atom is 0.163 e. The molecule has 25 heavy (non-hydrogen) atoms. The Bertz CT molecular complexity index is 620. The van der Waals surface area contributed by atoms with Crippen LogP contribution >= 0.6 is 0 Å². The largest absolute Gasteiger partial charge is 0.367 e. The highest BCUT2D eigenvalue weighted by atomic mass is 16.7. The Labute approximate surface area is 150 Å². The lowest BCUT2D eigenvalue weighted by Gasteiger charge is -2.38. The molecule has 0 amide bonds. The van der Waals surface area contributed by atoms with Gasteiger partial charge in [0.15, 0.2) is 5.79 Å². The van der Waals surface area contributed by atoms with Crippen molar-refractivity contribution in [2.24, 2.45) is 11.8 Å². The second kappa shape index (κ2) is 7.40. The number of hydrogen-bond donors (Lipinski definition) is 0. The summed E-state index contributed by atoms with van der Waals surface area (Å²) in [5, 5.41) is 0. The maximum atomic E-state index is 12.8. The number of carbonyl (C=O) groups is 1. The predicted octanol–water partition coefficient (Wildman–Crippen LogP) is 3.85. The number of ketones is 1. The summed E-state index contributed by atoms with van der Waals surface area (Å²) >= 11 is 0. The molecule has 4 atom stereocenters. The number of carbonyl (C=O) groups excluding carboxylic acids is 1. The summed E-state index contributed by atoms with van der Waals surface area (Å²) in [5.41, 5.74) is 1.10. The lowest BCUT2D eigenvalue weighted by molar-refractivity contribution is -0.178. The van der Waals surface area contributed by atoms with E-state index >= 15 is 0 Å². The number of benzene rings is 1. The van der Waals surface area contributed by atoms with Gasteiger partial charge in [0.1, 0.15) is 11.9 Å². The van der Waals surface area contributed by atoms with Crippen LogP contribution in [0.4, 0.5) is 0 Å². The van der Waals surface area contributed by atoms with Gasteiger partial charge in [0.25, 0.3) is 0 Å². The SMILES string of the molecule is CC(C)[C@H]1C(=O)C[C@H]([C@H]2COC(C)(C)O2)O[C@@H]1/C=C/c1ccccc1. The van der Waals surface area contributed by atoms with Gasteiger partial charge in [-0.05, 0) is 25.3 Å². The molecular weight excluding hydrogens is 316 g/mol. The van der Waals surface area contributed by atoms with Gasteiger partial charge in [-0.25, -0.2) is 0 Å². The molecule has 4 nitrogen and oxygen atoms in total. The van der Waals surface area contributed by atoms with Crippen molar-refractivity contribution in [3.63, 3.8) is 0 Å². The third kappa shape index (κ3) is 4.38. The van der Waals surface area contributed by atoms with Gasteiger partial charge < -0.3 is 14.2 Å². The van der Waals surface area contributed by atoms with E-state index in [1.54, 1.807) is 0 Å². The topological polar surface area (TPSA) is 44.8 Å². The van der Waals surface area contributed by atoms with Crippen LogP contribution in [0.25, 0.3) is 6.08 Å². The van der Waals surface area contributed by atoms with Crippen LogP contribution in [0.15, 0.2) is 36.4 Å². The average Bonchev–Trinajstić information content (AvgIpc) is 2.93. The third-order valence-electron chi connectivity index (χ3n) is 4.90. The third-order valence-corrected chi connectivity index (χ3v) is 4.90. The second-order valence-corrected chi connectivity index (χ2v) is 7.72. The molecule has 0 radical (unpaired) electrons. The molecule has 2 heterocycles. The van der Waals surface area contributed by atoms with E-state index in [-0.39, 0.29) is 35.9 Å². The van der Waals surface area contributed by atoms with Crippen molar-refractivity contribution < 1.29 is 19.0 Å². The normalized spacial score (nSPS) is 32.6. The first-order valence-electron chi connectivity index (χ1n) is 9.09. The molecular formula is C21H28O4. The summed E-state index contributed by atoms with van der Waals surface area (Å²) in [6.45, 7) is 8.40. The zero-order valence-electron chi connectivity index (χ0n) is 15.5. The fourth-order valence-electron chi connectivity index (χ4n) is 3.66. The van der Waals surface area contributed by atoms with Gasteiger partial charge in [-0.3, -0.25) is 4.79 Å². The zero-order valence-corrected chi connectivity index (χ0v) is 15.5. The fourth-order valence-corrected chi connectivity index (χ4v) is 3.66. The Hall–Kier alpha value is -1.49. The van der Waals surface area contributed by atoms with Crippen LogP contribution in [0.1, 0.15) is 39.7 Å². The van der Waals surface area contributed by atoms with E-state index in [1.807, 2.05) is 56.3 Å². The molecule has 2 aliphatic heterocycles. The summed E-state index contributed by atoms with van der Waals surface area (Å²) in [4.78, 5) is 12.8. The Kier molecular flexibility index (Phi) is 5.42. The minimum Gasteiger partial charge on any atom is -0.367 e. The Morgan fingerprint density at radius 3 is 2.48 bits per heavy atom. The summed E-state index contributed by atoms with van der Waals surface area (Å²) in [6, 6.07) is 10.1. The molecule has 4 heteroatoms. The van der Waals surface area contributed by atoms with Gasteiger partial charge >= 0.3 is 0 Å². The summed E-state index contributed by atoms with van der Waals surface area (Å²) < 4.78 is 17.9. The molecule has 0 aliphatic carbocycles. The van der Waals surface area contributed by atoms with Crippen LogP contribution in [-0.2, 0) is 19.0 Å². The molecule has 1 aromatic carbocycles. The van der Waals surface area contributed by atoms with E-state index < -0.39 is 5.79 Å². The molecule has 2 fully saturated rings. The summed E-state index contributed by atoms with van der Waals surface area (Å²) in [5.74, 6) is -0.244. The Morgan fingerprint density at radius 1 is 1.16 bits per heavy atom. The lowest BCUT2D eigenvalue weighted by Crippen LogP contribution is -2.48. The molecule has 2 aliphatic rings. The van der Waals surface area contributed by atoms with Crippen LogP contribution in [0.3, 0.4) is 0 Å². The second-order valence-electron chi connectivity index (χ2n) is 7.72. The highest BCUT2D eigenvalue weighted by Gasteiger charge is 2.45. The molecule has 0 bridgehead atoms. The first-order chi connectivity index (χ1) is 11.9. The van der Waals surface area contributed by atoms with E-state index in [1.165, 1.54) is 0 Å². The van der Waals surface area contributed by atoms with Crippen molar-refractivity contribution in [1.82, 2.24) is 0 Å². The van der Waals surface area contributed by atoms with Crippen molar-refractivity contribution in [2.75, 3.05) is 6.61 Å². The molecule has 0 spiro atoms. The molecule has 0 saturated carbocycles. The van der Waals surface area contributed by atoms with Crippen molar-refractivity contribution in [3.8, 4) is 0 Å². The predicted molar refractivity (Wildman–Crippen MR) is 97.0 cm³/mol.